The Morgan fingerprint density at radius 3 is 3.00 bits per heavy atom. The number of carboxylic acid groups (broad SMARTS) is 1. The Kier molecular flexibility index (Phi) is 4.30. The monoisotopic (exact) mass is 287 g/mol. The summed E-state index contributed by atoms with van der Waals surface area (Å²) in [5.74, 6) is -0.399. The molecular weight excluding hydrogens is 270 g/mol. The lowest BCUT2D eigenvalue weighted by atomic mass is 10.0. The molecule has 2 N–H and O–H groups in total. The summed E-state index contributed by atoms with van der Waals surface area (Å²) in [6.07, 6.45) is 2.62. The number of rotatable bonds is 5. The first-order valence-corrected chi connectivity index (χ1v) is 7.43. The maximum Gasteiger partial charge on any atom is 0.320 e. The van der Waals surface area contributed by atoms with Gasteiger partial charge in [-0.05, 0) is 36.8 Å². The molecule has 0 saturated carbocycles. The van der Waals surface area contributed by atoms with Gasteiger partial charge in [0.2, 0.25) is 0 Å². The Labute approximate surface area is 116 Å². The fourth-order valence-corrected chi connectivity index (χ4v) is 3.81. The van der Waals surface area contributed by atoms with Gasteiger partial charge in [-0.1, -0.05) is 25.4 Å². The van der Waals surface area contributed by atoms with Gasteiger partial charge in [0.25, 0.3) is 0 Å². The summed E-state index contributed by atoms with van der Waals surface area (Å²) in [5.41, 5.74) is 1.19. The zero-order valence-corrected chi connectivity index (χ0v) is 12.1. The van der Waals surface area contributed by atoms with Gasteiger partial charge in [0.15, 0.2) is 0 Å². The third-order valence-electron chi connectivity index (χ3n) is 3.25. The van der Waals surface area contributed by atoms with Gasteiger partial charge in [-0.2, -0.15) is 0 Å². The highest BCUT2D eigenvalue weighted by atomic mass is 35.5. The second kappa shape index (κ2) is 5.59. The Morgan fingerprint density at radius 1 is 1.67 bits per heavy atom. The van der Waals surface area contributed by atoms with E-state index in [2.05, 4.69) is 5.32 Å². The van der Waals surface area contributed by atoms with Crippen molar-refractivity contribution in [1.82, 2.24) is 5.32 Å². The van der Waals surface area contributed by atoms with Gasteiger partial charge in [-0.25, -0.2) is 0 Å². The van der Waals surface area contributed by atoms with E-state index in [0.29, 0.717) is 12.3 Å². The lowest BCUT2D eigenvalue weighted by molar-refractivity contribution is -0.140. The van der Waals surface area contributed by atoms with E-state index in [4.69, 9.17) is 11.6 Å². The molecule has 0 amide bonds. The van der Waals surface area contributed by atoms with Gasteiger partial charge in [-0.3, -0.25) is 10.1 Å². The number of thiophene rings is 1. The highest BCUT2D eigenvalue weighted by Crippen LogP contribution is 2.39. The minimum atomic E-state index is -0.765. The molecule has 2 unspecified atom stereocenters. The largest absolute Gasteiger partial charge is 0.480 e. The number of carboxylic acids is 1. The number of aliphatic carboxylic acids is 1. The summed E-state index contributed by atoms with van der Waals surface area (Å²) in [5, 5.41) is 12.5. The molecule has 0 radical (unpaired) electrons. The molecule has 1 aliphatic rings. The summed E-state index contributed by atoms with van der Waals surface area (Å²) in [6, 6.07) is 1.64. The van der Waals surface area contributed by atoms with E-state index in [1.54, 1.807) is 11.3 Å². The van der Waals surface area contributed by atoms with Gasteiger partial charge in [0.05, 0.1) is 4.34 Å². The normalized spacial score (nSPS) is 20.1. The summed E-state index contributed by atoms with van der Waals surface area (Å²) < 4.78 is 0.794. The van der Waals surface area contributed by atoms with Crippen LogP contribution in [0.25, 0.3) is 0 Å². The number of aryl methyl sites for hydroxylation is 1. The van der Waals surface area contributed by atoms with Crippen molar-refractivity contribution in [3.8, 4) is 0 Å². The predicted molar refractivity (Wildman–Crippen MR) is 74.4 cm³/mol. The van der Waals surface area contributed by atoms with Gasteiger partial charge in [0.1, 0.15) is 6.04 Å². The van der Waals surface area contributed by atoms with Crippen LogP contribution in [0.3, 0.4) is 0 Å². The molecule has 0 saturated heterocycles. The van der Waals surface area contributed by atoms with Crippen LogP contribution in [-0.2, 0) is 11.2 Å². The van der Waals surface area contributed by atoms with Crippen molar-refractivity contribution in [3.05, 3.63) is 20.8 Å². The third-order valence-corrected chi connectivity index (χ3v) is 4.59. The van der Waals surface area contributed by atoms with E-state index in [9.17, 15) is 9.90 Å². The third kappa shape index (κ3) is 3.05. The molecule has 0 fully saturated rings. The summed E-state index contributed by atoms with van der Waals surface area (Å²) in [6.45, 7) is 4.08. The van der Waals surface area contributed by atoms with E-state index >= 15 is 0 Å². The van der Waals surface area contributed by atoms with Crippen LogP contribution in [0.2, 0.25) is 4.34 Å². The summed E-state index contributed by atoms with van der Waals surface area (Å²) >= 11 is 7.61. The average Bonchev–Trinajstić information content (AvgIpc) is 2.77. The highest BCUT2D eigenvalue weighted by molar-refractivity contribution is 7.16. The lowest BCUT2D eigenvalue weighted by Gasteiger charge is -2.21. The molecule has 100 valence electrons. The van der Waals surface area contributed by atoms with Crippen LogP contribution >= 0.6 is 22.9 Å². The topological polar surface area (TPSA) is 49.3 Å². The number of nitrogens with one attached hydrogen (secondary N) is 1. The molecule has 3 nitrogen and oxygen atoms in total. The maximum atomic E-state index is 11.3. The van der Waals surface area contributed by atoms with Crippen molar-refractivity contribution >= 4 is 28.9 Å². The molecule has 0 spiro atoms. The van der Waals surface area contributed by atoms with Crippen molar-refractivity contribution in [3.63, 3.8) is 0 Å². The van der Waals surface area contributed by atoms with Crippen molar-refractivity contribution in [2.24, 2.45) is 5.92 Å². The minimum absolute atomic E-state index is 0.142. The lowest BCUT2D eigenvalue weighted by Crippen LogP contribution is -2.39. The molecule has 1 aromatic rings. The maximum absolute atomic E-state index is 11.3. The molecule has 5 heteroatoms. The van der Waals surface area contributed by atoms with E-state index < -0.39 is 12.0 Å². The molecule has 1 heterocycles. The Hall–Kier alpha value is -0.580. The van der Waals surface area contributed by atoms with E-state index in [0.717, 1.165) is 17.2 Å². The number of carbonyl (C=O) groups is 1. The van der Waals surface area contributed by atoms with Crippen LogP contribution in [0.1, 0.15) is 43.2 Å². The van der Waals surface area contributed by atoms with Crippen LogP contribution in [-0.4, -0.2) is 17.1 Å². The zero-order valence-electron chi connectivity index (χ0n) is 10.6. The molecular formula is C13H18ClNO2S. The molecule has 1 aliphatic carbocycles. The van der Waals surface area contributed by atoms with Gasteiger partial charge in [0, 0.05) is 10.9 Å². The second-order valence-corrected chi connectivity index (χ2v) is 6.98. The first kappa shape index (κ1) is 13.8. The summed E-state index contributed by atoms with van der Waals surface area (Å²) in [7, 11) is 0. The molecule has 0 aromatic carbocycles. The van der Waals surface area contributed by atoms with Crippen LogP contribution in [0.15, 0.2) is 6.07 Å². The van der Waals surface area contributed by atoms with Crippen molar-refractivity contribution in [2.75, 3.05) is 0 Å². The second-order valence-electron chi connectivity index (χ2n) is 5.21. The van der Waals surface area contributed by atoms with Gasteiger partial charge >= 0.3 is 5.97 Å². The highest BCUT2D eigenvalue weighted by Gasteiger charge is 2.29. The first-order chi connectivity index (χ1) is 8.47. The molecule has 0 bridgehead atoms. The number of halogens is 1. The van der Waals surface area contributed by atoms with Crippen molar-refractivity contribution in [2.45, 2.75) is 45.2 Å². The standard InChI is InChI=1S/C13H18ClNO2S/c1-7(2)5-10(13(16)17)15-9-3-4-11-8(9)6-12(14)18-11/h6-7,9-10,15H,3-5H2,1-2H3,(H,16,17). The molecule has 2 atom stereocenters. The molecule has 0 aliphatic heterocycles. The smallest absolute Gasteiger partial charge is 0.320 e. The quantitative estimate of drug-likeness (QED) is 0.872. The fourth-order valence-electron chi connectivity index (χ4n) is 2.46. The fraction of sp³-hybridized carbons (Fsp3) is 0.615. The number of hydrogen-bond donors (Lipinski definition) is 2. The van der Waals surface area contributed by atoms with Crippen molar-refractivity contribution in [1.29, 1.82) is 0 Å². The Morgan fingerprint density at radius 2 is 2.39 bits per heavy atom. The first-order valence-electron chi connectivity index (χ1n) is 6.24. The van der Waals surface area contributed by atoms with Crippen LogP contribution in [0, 0.1) is 5.92 Å². The minimum Gasteiger partial charge on any atom is -0.480 e. The predicted octanol–water partition coefficient (Wildman–Crippen LogP) is 3.48. The number of fused-ring (bicyclic) bond motifs is 1. The Balaban J connectivity index is 2.06. The molecule has 18 heavy (non-hydrogen) atoms. The molecule has 2 rings (SSSR count). The zero-order chi connectivity index (χ0) is 13.3. The van der Waals surface area contributed by atoms with Gasteiger partial charge in [-0.15, -0.1) is 11.3 Å². The SMILES string of the molecule is CC(C)CC(NC1CCc2sc(Cl)cc21)C(=O)O. The summed E-state index contributed by atoms with van der Waals surface area (Å²) in [4.78, 5) is 12.6. The molecule has 1 aromatic heterocycles. The van der Waals surface area contributed by atoms with E-state index in [-0.39, 0.29) is 6.04 Å². The van der Waals surface area contributed by atoms with Crippen molar-refractivity contribution < 1.29 is 9.90 Å². The Bertz CT molecular complexity index is 444. The van der Waals surface area contributed by atoms with Crippen LogP contribution in [0.5, 0.6) is 0 Å². The van der Waals surface area contributed by atoms with Crippen LogP contribution < -0.4 is 5.32 Å². The van der Waals surface area contributed by atoms with Gasteiger partial charge < -0.3 is 5.11 Å². The van der Waals surface area contributed by atoms with E-state index in [1.165, 1.54) is 10.4 Å². The average molecular weight is 288 g/mol. The number of hydrogen-bond acceptors (Lipinski definition) is 3. The van der Waals surface area contributed by atoms with E-state index in [1.807, 2.05) is 19.9 Å². The van der Waals surface area contributed by atoms with Crippen LogP contribution in [0.4, 0.5) is 0 Å².